The molecule has 1 atom stereocenters. The lowest BCUT2D eigenvalue weighted by Gasteiger charge is -2.16. The SMILES string of the molecule is Cc1noc2ccc(NC(=O)c3ccc(N4CCN(C)S4=O)cc3)cc12. The maximum Gasteiger partial charge on any atom is 0.255 e. The molecule has 0 saturated carbocycles. The first-order valence-corrected chi connectivity index (χ1v) is 9.27. The van der Waals surface area contributed by atoms with Crippen LogP contribution in [0.3, 0.4) is 0 Å². The van der Waals surface area contributed by atoms with E-state index >= 15 is 0 Å². The van der Waals surface area contributed by atoms with Crippen LogP contribution < -0.4 is 9.62 Å². The first-order valence-electron chi connectivity index (χ1n) is 8.21. The molecule has 134 valence electrons. The second-order valence-corrected chi connectivity index (χ2v) is 7.69. The summed E-state index contributed by atoms with van der Waals surface area (Å²) in [5.74, 6) is -0.204. The first kappa shape index (κ1) is 16.7. The van der Waals surface area contributed by atoms with Gasteiger partial charge in [0.2, 0.25) is 0 Å². The van der Waals surface area contributed by atoms with Gasteiger partial charge in [-0.15, -0.1) is 0 Å². The number of carbonyl (C=O) groups is 1. The third-order valence-corrected chi connectivity index (χ3v) is 5.89. The van der Waals surface area contributed by atoms with Crippen molar-refractivity contribution in [3.05, 3.63) is 53.7 Å². The summed E-state index contributed by atoms with van der Waals surface area (Å²) in [5, 5.41) is 7.67. The summed E-state index contributed by atoms with van der Waals surface area (Å²) in [6, 6.07) is 12.5. The number of benzene rings is 2. The quantitative estimate of drug-likeness (QED) is 0.769. The zero-order chi connectivity index (χ0) is 18.3. The summed E-state index contributed by atoms with van der Waals surface area (Å²) in [6.07, 6.45) is 0. The molecule has 4 rings (SSSR count). The van der Waals surface area contributed by atoms with Crippen molar-refractivity contribution in [1.29, 1.82) is 0 Å². The Kier molecular flexibility index (Phi) is 4.21. The number of aromatic nitrogens is 1. The smallest absolute Gasteiger partial charge is 0.255 e. The van der Waals surface area contributed by atoms with Gasteiger partial charge in [-0.25, -0.2) is 8.51 Å². The lowest BCUT2D eigenvalue weighted by atomic mass is 10.1. The molecule has 0 radical (unpaired) electrons. The van der Waals surface area contributed by atoms with Gasteiger partial charge >= 0.3 is 0 Å². The minimum absolute atomic E-state index is 0.204. The summed E-state index contributed by atoms with van der Waals surface area (Å²) in [5.41, 5.74) is 3.53. The fraction of sp³-hybridized carbons (Fsp3) is 0.222. The molecule has 0 bridgehead atoms. The number of hydrogen-bond acceptors (Lipinski definition) is 4. The Balaban J connectivity index is 1.50. The molecule has 26 heavy (non-hydrogen) atoms. The summed E-state index contributed by atoms with van der Waals surface area (Å²) in [7, 11) is 1.83. The molecule has 2 aromatic carbocycles. The molecular formula is C18H18N4O3S. The summed E-state index contributed by atoms with van der Waals surface area (Å²) < 4.78 is 20.9. The number of hydrogen-bond donors (Lipinski definition) is 1. The predicted octanol–water partition coefficient (Wildman–Crippen LogP) is 2.72. The number of rotatable bonds is 3. The minimum atomic E-state index is -1.17. The molecular weight excluding hydrogens is 352 g/mol. The van der Waals surface area contributed by atoms with Crippen molar-refractivity contribution in [1.82, 2.24) is 9.46 Å². The van der Waals surface area contributed by atoms with Crippen LogP contribution in [-0.4, -0.2) is 39.7 Å². The summed E-state index contributed by atoms with van der Waals surface area (Å²) >= 11 is -1.17. The number of nitrogens with one attached hydrogen (secondary N) is 1. The molecule has 7 nitrogen and oxygen atoms in total. The van der Waals surface area contributed by atoms with Crippen molar-refractivity contribution >= 4 is 39.4 Å². The van der Waals surface area contributed by atoms with Crippen molar-refractivity contribution in [2.75, 3.05) is 29.8 Å². The van der Waals surface area contributed by atoms with Gasteiger partial charge < -0.3 is 9.84 Å². The highest BCUT2D eigenvalue weighted by Gasteiger charge is 2.25. The van der Waals surface area contributed by atoms with Gasteiger partial charge in [0.25, 0.3) is 5.91 Å². The van der Waals surface area contributed by atoms with Gasteiger partial charge in [0.1, 0.15) is 0 Å². The number of nitrogens with zero attached hydrogens (tertiary/aromatic N) is 3. The Morgan fingerprint density at radius 1 is 1.19 bits per heavy atom. The van der Waals surface area contributed by atoms with E-state index in [0.29, 0.717) is 23.4 Å². The van der Waals surface area contributed by atoms with Gasteiger partial charge in [-0.05, 0) is 49.4 Å². The average molecular weight is 370 g/mol. The van der Waals surface area contributed by atoms with Crippen molar-refractivity contribution in [2.24, 2.45) is 0 Å². The van der Waals surface area contributed by atoms with Crippen LogP contribution in [0, 0.1) is 6.92 Å². The Morgan fingerprint density at radius 2 is 1.96 bits per heavy atom. The van der Waals surface area contributed by atoms with Crippen LogP contribution in [0.4, 0.5) is 11.4 Å². The number of carbonyl (C=O) groups excluding carboxylic acids is 1. The largest absolute Gasteiger partial charge is 0.356 e. The van der Waals surface area contributed by atoms with E-state index in [9.17, 15) is 9.00 Å². The van der Waals surface area contributed by atoms with E-state index in [1.54, 1.807) is 28.6 Å². The third kappa shape index (κ3) is 2.97. The highest BCUT2D eigenvalue weighted by molar-refractivity contribution is 7.84. The highest BCUT2D eigenvalue weighted by Crippen LogP contribution is 2.24. The lowest BCUT2D eigenvalue weighted by Crippen LogP contribution is -2.23. The van der Waals surface area contributed by atoms with Crippen LogP contribution in [0.2, 0.25) is 0 Å². The molecule has 1 saturated heterocycles. The van der Waals surface area contributed by atoms with E-state index in [1.807, 2.05) is 36.5 Å². The molecule has 0 aliphatic carbocycles. The van der Waals surface area contributed by atoms with Crippen LogP contribution in [0.25, 0.3) is 11.0 Å². The highest BCUT2D eigenvalue weighted by atomic mass is 32.2. The Hall–Kier alpha value is -2.71. The van der Waals surface area contributed by atoms with Crippen molar-refractivity contribution in [3.63, 3.8) is 0 Å². The van der Waals surface area contributed by atoms with Crippen LogP contribution in [0.15, 0.2) is 47.0 Å². The van der Waals surface area contributed by atoms with E-state index in [-0.39, 0.29) is 5.91 Å². The Morgan fingerprint density at radius 3 is 2.65 bits per heavy atom. The van der Waals surface area contributed by atoms with Crippen LogP contribution in [0.1, 0.15) is 16.1 Å². The van der Waals surface area contributed by atoms with Gasteiger partial charge in [-0.1, -0.05) is 5.16 Å². The second-order valence-electron chi connectivity index (χ2n) is 6.16. The van der Waals surface area contributed by atoms with Gasteiger partial charge in [0.15, 0.2) is 16.8 Å². The molecule has 0 spiro atoms. The van der Waals surface area contributed by atoms with E-state index in [0.717, 1.165) is 23.3 Å². The number of fused-ring (bicyclic) bond motifs is 1. The number of likely N-dealkylation sites (N-methyl/N-ethyl adjacent to an activating group) is 1. The minimum Gasteiger partial charge on any atom is -0.356 e. The number of anilines is 2. The van der Waals surface area contributed by atoms with Crippen molar-refractivity contribution < 1.29 is 13.5 Å². The number of aryl methyl sites for hydroxylation is 1. The molecule has 3 aromatic rings. The zero-order valence-corrected chi connectivity index (χ0v) is 15.2. The molecule has 8 heteroatoms. The predicted molar refractivity (Wildman–Crippen MR) is 101 cm³/mol. The van der Waals surface area contributed by atoms with Crippen molar-refractivity contribution in [2.45, 2.75) is 6.92 Å². The van der Waals surface area contributed by atoms with Gasteiger partial charge in [0, 0.05) is 36.8 Å². The molecule has 1 aliphatic rings. The Bertz CT molecular complexity index is 999. The first-order chi connectivity index (χ1) is 12.5. The van der Waals surface area contributed by atoms with E-state index < -0.39 is 11.2 Å². The maximum absolute atomic E-state index is 12.5. The van der Waals surface area contributed by atoms with E-state index in [2.05, 4.69) is 10.5 Å². The fourth-order valence-corrected chi connectivity index (χ4v) is 4.01. The third-order valence-electron chi connectivity index (χ3n) is 4.40. The topological polar surface area (TPSA) is 78.7 Å². The fourth-order valence-electron chi connectivity index (χ4n) is 2.89. The van der Waals surface area contributed by atoms with Gasteiger partial charge in [0.05, 0.1) is 11.4 Å². The molecule has 1 N–H and O–H groups in total. The second kappa shape index (κ2) is 6.54. The maximum atomic E-state index is 12.5. The van der Waals surface area contributed by atoms with Gasteiger partial charge in [-0.3, -0.25) is 9.10 Å². The molecule has 2 heterocycles. The monoisotopic (exact) mass is 370 g/mol. The molecule has 1 fully saturated rings. The summed E-state index contributed by atoms with van der Waals surface area (Å²) in [4.78, 5) is 12.5. The summed E-state index contributed by atoms with van der Waals surface area (Å²) in [6.45, 7) is 3.31. The van der Waals surface area contributed by atoms with E-state index in [1.165, 1.54) is 0 Å². The Labute approximate surface area is 153 Å². The zero-order valence-electron chi connectivity index (χ0n) is 14.4. The van der Waals surface area contributed by atoms with E-state index in [4.69, 9.17) is 4.52 Å². The van der Waals surface area contributed by atoms with Crippen LogP contribution in [0.5, 0.6) is 0 Å². The van der Waals surface area contributed by atoms with Crippen LogP contribution in [-0.2, 0) is 11.2 Å². The molecule has 1 aromatic heterocycles. The van der Waals surface area contributed by atoms with Crippen molar-refractivity contribution in [3.8, 4) is 0 Å². The van der Waals surface area contributed by atoms with Gasteiger partial charge in [-0.2, -0.15) is 0 Å². The normalized spacial score (nSPS) is 17.8. The molecule has 1 amide bonds. The number of amides is 1. The average Bonchev–Trinajstić information content (AvgIpc) is 3.18. The molecule has 1 unspecified atom stereocenters. The molecule has 1 aliphatic heterocycles. The standard InChI is InChI=1S/C18H18N4O3S/c1-12-16-11-14(5-8-17(16)25-20-12)19-18(23)13-3-6-15(7-4-13)22-10-9-21(2)26(22)24/h3-8,11H,9-10H2,1-2H3,(H,19,23). The lowest BCUT2D eigenvalue weighted by molar-refractivity contribution is 0.102. The van der Waals surface area contributed by atoms with Crippen LogP contribution >= 0.6 is 0 Å².